The fourth-order valence-electron chi connectivity index (χ4n) is 3.00. The number of hydrogen-bond acceptors (Lipinski definition) is 4. The third-order valence-electron chi connectivity index (χ3n) is 4.63. The molecule has 0 aliphatic rings. The Bertz CT molecular complexity index is 1020. The van der Waals surface area contributed by atoms with Gasteiger partial charge in [0.2, 0.25) is 0 Å². The fourth-order valence-corrected chi connectivity index (χ4v) is 4.21. The van der Waals surface area contributed by atoms with Crippen molar-refractivity contribution in [2.75, 3.05) is 30.4 Å². The van der Waals surface area contributed by atoms with Crippen molar-refractivity contribution in [3.8, 4) is 0 Å². The highest BCUT2D eigenvalue weighted by Gasteiger charge is 2.16. The lowest BCUT2D eigenvalue weighted by Crippen LogP contribution is -2.28. The Morgan fingerprint density at radius 3 is 2.47 bits per heavy atom. The molecule has 0 bridgehead atoms. The number of nitrogens with zero attached hydrogens (tertiary/aromatic N) is 1. The van der Waals surface area contributed by atoms with Crippen molar-refractivity contribution >= 4 is 45.4 Å². The molecule has 7 heteroatoms. The summed E-state index contributed by atoms with van der Waals surface area (Å²) in [6, 6.07) is 18.8. The van der Waals surface area contributed by atoms with Gasteiger partial charge in [0.15, 0.2) is 0 Å². The molecule has 2 N–H and O–H groups in total. The molecule has 0 atom stereocenters. The number of carbonyl (C=O) groups excluding carboxylic acids is 2. The SMILES string of the molecule is Cc1cc(NC(=O)c2ccccc2Cl)sc1C(=O)NCCCN(C)c1ccccc1. The Hall–Kier alpha value is -2.83. The number of thiophene rings is 1. The topological polar surface area (TPSA) is 61.4 Å². The molecule has 30 heavy (non-hydrogen) atoms. The van der Waals surface area contributed by atoms with E-state index in [4.69, 9.17) is 11.6 Å². The number of hydrogen-bond donors (Lipinski definition) is 2. The summed E-state index contributed by atoms with van der Waals surface area (Å²) in [7, 11) is 2.04. The molecule has 0 saturated heterocycles. The van der Waals surface area contributed by atoms with Gasteiger partial charge in [-0.05, 0) is 49.2 Å². The van der Waals surface area contributed by atoms with Gasteiger partial charge in [0.05, 0.1) is 20.5 Å². The van der Waals surface area contributed by atoms with Crippen LogP contribution in [-0.2, 0) is 0 Å². The van der Waals surface area contributed by atoms with E-state index in [1.165, 1.54) is 11.3 Å². The van der Waals surface area contributed by atoms with E-state index in [-0.39, 0.29) is 11.8 Å². The van der Waals surface area contributed by atoms with Gasteiger partial charge in [0.1, 0.15) is 0 Å². The van der Waals surface area contributed by atoms with Gasteiger partial charge in [-0.1, -0.05) is 41.9 Å². The predicted molar refractivity (Wildman–Crippen MR) is 125 cm³/mol. The van der Waals surface area contributed by atoms with Crippen molar-refractivity contribution in [2.45, 2.75) is 13.3 Å². The van der Waals surface area contributed by atoms with E-state index in [0.29, 0.717) is 27.0 Å². The maximum Gasteiger partial charge on any atom is 0.261 e. The van der Waals surface area contributed by atoms with E-state index < -0.39 is 0 Å². The van der Waals surface area contributed by atoms with Gasteiger partial charge in [-0.3, -0.25) is 9.59 Å². The fraction of sp³-hybridized carbons (Fsp3) is 0.217. The van der Waals surface area contributed by atoms with Gasteiger partial charge in [0.25, 0.3) is 11.8 Å². The molecule has 1 aromatic heterocycles. The first-order valence-electron chi connectivity index (χ1n) is 9.66. The number of aryl methyl sites for hydroxylation is 1. The number of amides is 2. The minimum absolute atomic E-state index is 0.127. The van der Waals surface area contributed by atoms with Crippen molar-refractivity contribution in [1.82, 2.24) is 5.32 Å². The molecule has 0 fully saturated rings. The smallest absolute Gasteiger partial charge is 0.261 e. The van der Waals surface area contributed by atoms with Crippen molar-refractivity contribution < 1.29 is 9.59 Å². The molecular weight excluding hydrogens is 418 g/mol. The molecule has 3 rings (SSSR count). The van der Waals surface area contributed by atoms with Crippen LogP contribution in [0.4, 0.5) is 10.7 Å². The largest absolute Gasteiger partial charge is 0.375 e. The molecule has 0 unspecified atom stereocenters. The molecule has 3 aromatic rings. The third kappa shape index (κ3) is 5.62. The lowest BCUT2D eigenvalue weighted by Gasteiger charge is -2.19. The molecule has 0 saturated carbocycles. The highest BCUT2D eigenvalue weighted by molar-refractivity contribution is 7.18. The van der Waals surface area contributed by atoms with Gasteiger partial charge in [-0.2, -0.15) is 0 Å². The van der Waals surface area contributed by atoms with Gasteiger partial charge in [-0.15, -0.1) is 11.3 Å². The molecule has 156 valence electrons. The van der Waals surface area contributed by atoms with Crippen LogP contribution in [0.3, 0.4) is 0 Å². The van der Waals surface area contributed by atoms with E-state index >= 15 is 0 Å². The summed E-state index contributed by atoms with van der Waals surface area (Å²) in [5.74, 6) is -0.420. The number of rotatable bonds is 8. The van der Waals surface area contributed by atoms with E-state index in [2.05, 4.69) is 27.7 Å². The first kappa shape index (κ1) is 21.9. The minimum atomic E-state index is -0.294. The second kappa shape index (κ2) is 10.3. The quantitative estimate of drug-likeness (QED) is 0.471. The van der Waals surface area contributed by atoms with Crippen LogP contribution >= 0.6 is 22.9 Å². The lowest BCUT2D eigenvalue weighted by atomic mass is 10.2. The van der Waals surface area contributed by atoms with E-state index in [9.17, 15) is 9.59 Å². The van der Waals surface area contributed by atoms with Gasteiger partial charge in [-0.25, -0.2) is 0 Å². The summed E-state index contributed by atoms with van der Waals surface area (Å²) >= 11 is 7.34. The second-order valence-corrected chi connectivity index (χ2v) is 8.38. The van der Waals surface area contributed by atoms with Crippen molar-refractivity contribution in [1.29, 1.82) is 0 Å². The van der Waals surface area contributed by atoms with Crippen molar-refractivity contribution in [3.63, 3.8) is 0 Å². The first-order chi connectivity index (χ1) is 14.5. The van der Waals surface area contributed by atoms with E-state index in [0.717, 1.165) is 24.2 Å². The van der Waals surface area contributed by atoms with Crippen LogP contribution in [0.1, 0.15) is 32.0 Å². The zero-order valence-electron chi connectivity index (χ0n) is 16.9. The first-order valence-corrected chi connectivity index (χ1v) is 10.9. The number of para-hydroxylation sites is 1. The van der Waals surface area contributed by atoms with Crippen LogP contribution in [0.2, 0.25) is 5.02 Å². The van der Waals surface area contributed by atoms with Gasteiger partial charge < -0.3 is 15.5 Å². The van der Waals surface area contributed by atoms with Crippen LogP contribution < -0.4 is 15.5 Å². The zero-order chi connectivity index (χ0) is 21.5. The highest BCUT2D eigenvalue weighted by Crippen LogP contribution is 2.27. The van der Waals surface area contributed by atoms with Crippen LogP contribution in [0.15, 0.2) is 60.7 Å². The Balaban J connectivity index is 1.51. The molecular formula is C23H24ClN3O2S. The summed E-state index contributed by atoms with van der Waals surface area (Å²) in [5.41, 5.74) is 2.38. The summed E-state index contributed by atoms with van der Waals surface area (Å²) in [6.07, 6.45) is 0.831. The third-order valence-corrected chi connectivity index (χ3v) is 6.11. The Morgan fingerprint density at radius 1 is 1.03 bits per heavy atom. The minimum Gasteiger partial charge on any atom is -0.375 e. The Labute approximate surface area is 185 Å². The van der Waals surface area contributed by atoms with E-state index in [1.807, 2.05) is 32.2 Å². The zero-order valence-corrected chi connectivity index (χ0v) is 18.5. The van der Waals surface area contributed by atoms with Crippen LogP contribution in [0.25, 0.3) is 0 Å². The Kier molecular flexibility index (Phi) is 7.49. The lowest BCUT2D eigenvalue weighted by molar-refractivity contribution is 0.0956. The molecule has 1 heterocycles. The molecule has 5 nitrogen and oxygen atoms in total. The normalized spacial score (nSPS) is 10.5. The number of anilines is 2. The van der Waals surface area contributed by atoms with Crippen molar-refractivity contribution in [2.24, 2.45) is 0 Å². The molecule has 2 aromatic carbocycles. The number of benzene rings is 2. The average molecular weight is 442 g/mol. The van der Waals surface area contributed by atoms with Crippen LogP contribution in [0.5, 0.6) is 0 Å². The molecule has 0 radical (unpaired) electrons. The second-order valence-electron chi connectivity index (χ2n) is 6.92. The summed E-state index contributed by atoms with van der Waals surface area (Å²) < 4.78 is 0. The molecule has 2 amide bonds. The molecule has 0 spiro atoms. The number of halogens is 1. The number of nitrogens with one attached hydrogen (secondary N) is 2. The maximum absolute atomic E-state index is 12.6. The van der Waals surface area contributed by atoms with Crippen molar-refractivity contribution in [3.05, 3.63) is 81.7 Å². The Morgan fingerprint density at radius 2 is 1.73 bits per heavy atom. The summed E-state index contributed by atoms with van der Waals surface area (Å²) in [5, 5.41) is 6.80. The average Bonchev–Trinajstić information content (AvgIpc) is 3.11. The van der Waals surface area contributed by atoms with Crippen LogP contribution in [0, 0.1) is 6.92 Å². The van der Waals surface area contributed by atoms with Gasteiger partial charge in [0, 0.05) is 25.8 Å². The summed E-state index contributed by atoms with van der Waals surface area (Å²) in [4.78, 5) is 27.7. The summed E-state index contributed by atoms with van der Waals surface area (Å²) in [6.45, 7) is 3.28. The van der Waals surface area contributed by atoms with Gasteiger partial charge >= 0.3 is 0 Å². The van der Waals surface area contributed by atoms with Crippen LogP contribution in [-0.4, -0.2) is 32.0 Å². The monoisotopic (exact) mass is 441 g/mol. The molecule has 0 aliphatic carbocycles. The molecule has 0 aliphatic heterocycles. The number of carbonyl (C=O) groups is 2. The maximum atomic E-state index is 12.6. The predicted octanol–water partition coefficient (Wildman–Crippen LogP) is 5.22. The standard InChI is InChI=1S/C23H24ClN3O2S/c1-16-15-20(26-22(28)18-11-6-7-12-19(18)24)30-21(16)23(29)25-13-8-14-27(2)17-9-4-3-5-10-17/h3-7,9-12,15H,8,13-14H2,1-2H3,(H,25,29)(H,26,28). The highest BCUT2D eigenvalue weighted by atomic mass is 35.5. The van der Waals surface area contributed by atoms with E-state index in [1.54, 1.807) is 30.3 Å².